The van der Waals surface area contributed by atoms with Crippen LogP contribution in [-0.2, 0) is 19.2 Å². The summed E-state index contributed by atoms with van der Waals surface area (Å²) >= 11 is 0. The van der Waals surface area contributed by atoms with Gasteiger partial charge in [0.05, 0.1) is 29.1 Å². The van der Waals surface area contributed by atoms with Crippen molar-refractivity contribution in [3.63, 3.8) is 0 Å². The maximum absolute atomic E-state index is 13.5. The molecule has 18 nitrogen and oxygen atoms in total. The Morgan fingerprint density at radius 1 is 0.921 bits per heavy atom. The Morgan fingerprint density at radius 3 is 2.49 bits per heavy atom. The standard InChI is InChI=1S/C45H49N11O7/c1-53(23-8-21-47-36(58)25-48-33-13-5-12-32-38(33)45(62)55(44(32)61)34-19-20-35(57)51-43(34)60)22-7-14-37(59)54-24-6-9-29(26-54)56-42-39(41(46)49-27-50-42)40(52-56)28-15-17-31(18-16-28)63-30-10-3-2-4-11-30/h2-5,10-13,15-18,27,29,34,48H,6-9,14,19-26H2,1H3,(H,47,58)(H2,46,49,50)(H,51,57,60)/t29-,34?/m1/s1. The predicted octanol–water partition coefficient (Wildman–Crippen LogP) is 3.76. The van der Waals surface area contributed by atoms with Gasteiger partial charge in [-0.3, -0.25) is 39.0 Å². The molecule has 3 aliphatic heterocycles. The first-order chi connectivity index (χ1) is 30.5. The van der Waals surface area contributed by atoms with Gasteiger partial charge in [-0.25, -0.2) is 14.6 Å². The Morgan fingerprint density at radius 2 is 1.70 bits per heavy atom. The van der Waals surface area contributed by atoms with E-state index in [1.54, 1.807) is 12.1 Å². The zero-order valence-electron chi connectivity index (χ0n) is 34.9. The number of aromatic nitrogens is 4. The Hall–Kier alpha value is -7.21. The number of rotatable bonds is 16. The average Bonchev–Trinajstić information content (AvgIpc) is 3.80. The number of nitrogens with two attached hydrogens (primary N) is 1. The molecule has 0 radical (unpaired) electrons. The van der Waals surface area contributed by atoms with Gasteiger partial charge >= 0.3 is 0 Å². The third-order valence-electron chi connectivity index (χ3n) is 11.6. The molecule has 2 atom stereocenters. The molecule has 18 heteroatoms. The summed E-state index contributed by atoms with van der Waals surface area (Å²) in [6, 6.07) is 20.8. The Bertz CT molecular complexity index is 2550. The zero-order valence-corrected chi connectivity index (χ0v) is 34.9. The number of anilines is 2. The lowest BCUT2D eigenvalue weighted by molar-refractivity contribution is -0.136. The highest BCUT2D eigenvalue weighted by Crippen LogP contribution is 2.36. The second kappa shape index (κ2) is 18.8. The molecule has 5 N–H and O–H groups in total. The van der Waals surface area contributed by atoms with Crippen molar-refractivity contribution in [1.82, 2.24) is 45.1 Å². The number of benzene rings is 3. The topological polar surface area (TPSA) is 227 Å². The Kier molecular flexibility index (Phi) is 12.7. The lowest BCUT2D eigenvalue weighted by Crippen LogP contribution is -2.54. The zero-order chi connectivity index (χ0) is 44.0. The van der Waals surface area contributed by atoms with Gasteiger partial charge in [-0.05, 0) is 101 Å². The van der Waals surface area contributed by atoms with Crippen LogP contribution in [0.15, 0.2) is 79.1 Å². The first kappa shape index (κ1) is 42.5. The molecule has 8 rings (SSSR count). The minimum absolute atomic E-state index is 0.0242. The molecule has 1 unspecified atom stereocenters. The van der Waals surface area contributed by atoms with E-state index in [-0.39, 0.29) is 48.4 Å². The number of likely N-dealkylation sites (tertiary alicyclic amines) is 1. The number of nitrogen functional groups attached to an aromatic ring is 1. The number of carbonyl (C=O) groups is 6. The van der Waals surface area contributed by atoms with Crippen molar-refractivity contribution in [1.29, 1.82) is 0 Å². The van der Waals surface area contributed by atoms with Crippen LogP contribution in [0.25, 0.3) is 22.3 Å². The number of fused-ring (bicyclic) bond motifs is 2. The maximum atomic E-state index is 13.5. The van der Waals surface area contributed by atoms with Gasteiger partial charge < -0.3 is 30.9 Å². The van der Waals surface area contributed by atoms with E-state index in [0.29, 0.717) is 86.0 Å². The number of para-hydroxylation sites is 1. The molecule has 0 bridgehead atoms. The van der Waals surface area contributed by atoms with Crippen molar-refractivity contribution in [2.24, 2.45) is 0 Å². The van der Waals surface area contributed by atoms with Gasteiger partial charge in [0.2, 0.25) is 23.6 Å². The molecule has 3 aromatic carbocycles. The van der Waals surface area contributed by atoms with Gasteiger partial charge in [0.15, 0.2) is 5.65 Å². The summed E-state index contributed by atoms with van der Waals surface area (Å²) < 4.78 is 7.88. The van der Waals surface area contributed by atoms with E-state index in [1.807, 2.05) is 71.2 Å². The van der Waals surface area contributed by atoms with Gasteiger partial charge in [0.1, 0.15) is 35.4 Å². The van der Waals surface area contributed by atoms with Crippen molar-refractivity contribution in [2.75, 3.05) is 57.4 Å². The van der Waals surface area contributed by atoms with Gasteiger partial charge in [-0.2, -0.15) is 5.10 Å². The van der Waals surface area contributed by atoms with E-state index in [2.05, 4.69) is 30.8 Å². The fourth-order valence-electron chi connectivity index (χ4n) is 8.39. The third-order valence-corrected chi connectivity index (χ3v) is 11.6. The van der Waals surface area contributed by atoms with Crippen molar-refractivity contribution in [2.45, 2.75) is 57.0 Å². The molecule has 63 heavy (non-hydrogen) atoms. The second-order valence-electron chi connectivity index (χ2n) is 16.0. The number of nitrogens with one attached hydrogen (secondary N) is 3. The number of ether oxygens (including phenoxy) is 1. The molecule has 326 valence electrons. The number of amides is 6. The van der Waals surface area contributed by atoms with E-state index in [1.165, 1.54) is 12.4 Å². The number of hydrogen-bond donors (Lipinski definition) is 4. The molecule has 0 saturated carbocycles. The van der Waals surface area contributed by atoms with E-state index >= 15 is 0 Å². The molecule has 0 spiro atoms. The van der Waals surface area contributed by atoms with E-state index in [4.69, 9.17) is 15.6 Å². The summed E-state index contributed by atoms with van der Waals surface area (Å²) in [5, 5.41) is 13.7. The molecular formula is C45H49N11O7. The highest BCUT2D eigenvalue weighted by molar-refractivity contribution is 6.25. The first-order valence-electron chi connectivity index (χ1n) is 21.2. The number of piperidine rings is 2. The fourth-order valence-corrected chi connectivity index (χ4v) is 8.39. The lowest BCUT2D eigenvalue weighted by atomic mass is 10.0. The second-order valence-corrected chi connectivity index (χ2v) is 16.0. The minimum Gasteiger partial charge on any atom is -0.457 e. The summed E-state index contributed by atoms with van der Waals surface area (Å²) in [4.78, 5) is 90.4. The van der Waals surface area contributed by atoms with Crippen LogP contribution in [0, 0.1) is 0 Å². The third kappa shape index (κ3) is 9.35. The number of carbonyl (C=O) groups excluding carboxylic acids is 6. The highest BCUT2D eigenvalue weighted by atomic mass is 16.5. The summed E-state index contributed by atoms with van der Waals surface area (Å²) in [6.07, 6.45) is 4.95. The first-order valence-corrected chi connectivity index (χ1v) is 21.2. The molecule has 5 aromatic rings. The summed E-state index contributed by atoms with van der Waals surface area (Å²) in [7, 11) is 1.98. The van der Waals surface area contributed by atoms with Crippen molar-refractivity contribution < 1.29 is 33.5 Å². The van der Waals surface area contributed by atoms with Crippen LogP contribution in [0.4, 0.5) is 11.5 Å². The largest absolute Gasteiger partial charge is 0.457 e. The van der Waals surface area contributed by atoms with Crippen LogP contribution in [0.3, 0.4) is 0 Å². The summed E-state index contributed by atoms with van der Waals surface area (Å²) in [5.74, 6) is -0.828. The van der Waals surface area contributed by atoms with Gasteiger partial charge in [-0.1, -0.05) is 24.3 Å². The quantitative estimate of drug-likeness (QED) is 0.0820. The monoisotopic (exact) mass is 855 g/mol. The molecule has 6 amide bonds. The van der Waals surface area contributed by atoms with Crippen LogP contribution in [0.2, 0.25) is 0 Å². The van der Waals surface area contributed by atoms with E-state index < -0.39 is 29.7 Å². The smallest absolute Gasteiger partial charge is 0.264 e. The fraction of sp³-hybridized carbons (Fsp3) is 0.356. The van der Waals surface area contributed by atoms with Crippen LogP contribution in [0.5, 0.6) is 11.5 Å². The van der Waals surface area contributed by atoms with Crippen molar-refractivity contribution in [3.8, 4) is 22.8 Å². The highest BCUT2D eigenvalue weighted by Gasteiger charge is 2.45. The van der Waals surface area contributed by atoms with Crippen molar-refractivity contribution >= 4 is 58.0 Å². The molecule has 3 aliphatic rings. The molecular weight excluding hydrogens is 807 g/mol. The number of imide groups is 2. The SMILES string of the molecule is CN(CCCNC(=O)CNc1cccc2c1C(=O)N(C1CCC(=O)NC1=O)C2=O)CCCC(=O)N1CCC[C@@H](n2nc(-c3ccc(Oc4ccccc4)cc3)c3c(N)ncnc32)C1. The van der Waals surface area contributed by atoms with E-state index in [9.17, 15) is 28.8 Å². The van der Waals surface area contributed by atoms with Crippen LogP contribution < -0.4 is 26.4 Å². The number of hydrogen-bond acceptors (Lipinski definition) is 13. The van der Waals surface area contributed by atoms with E-state index in [0.717, 1.165) is 29.1 Å². The Balaban J connectivity index is 0.772. The molecule has 5 heterocycles. The van der Waals surface area contributed by atoms with Gasteiger partial charge in [-0.15, -0.1) is 0 Å². The predicted molar refractivity (Wildman–Crippen MR) is 232 cm³/mol. The minimum atomic E-state index is -1.08. The maximum Gasteiger partial charge on any atom is 0.264 e. The van der Waals surface area contributed by atoms with Gasteiger partial charge in [0.25, 0.3) is 11.8 Å². The number of nitrogens with zero attached hydrogens (tertiary/aromatic N) is 7. The molecule has 2 fully saturated rings. The van der Waals surface area contributed by atoms with Crippen molar-refractivity contribution in [3.05, 3.63) is 90.3 Å². The molecule has 2 saturated heterocycles. The van der Waals surface area contributed by atoms with Gasteiger partial charge in [0, 0.05) is 43.7 Å². The molecule has 2 aromatic heterocycles. The summed E-state index contributed by atoms with van der Waals surface area (Å²) in [5.41, 5.74) is 9.08. The lowest BCUT2D eigenvalue weighted by Gasteiger charge is -2.33. The van der Waals surface area contributed by atoms with Crippen LogP contribution in [-0.4, -0.2) is 122 Å². The summed E-state index contributed by atoms with van der Waals surface area (Å²) in [6.45, 7) is 2.88. The Labute approximate surface area is 363 Å². The van der Waals surface area contributed by atoms with Crippen LogP contribution >= 0.6 is 0 Å². The van der Waals surface area contributed by atoms with Crippen LogP contribution in [0.1, 0.15) is 71.7 Å². The normalized spacial score (nSPS) is 17.6. The molecule has 0 aliphatic carbocycles. The average molecular weight is 856 g/mol.